The number of amides is 1. The van der Waals surface area contributed by atoms with Crippen molar-refractivity contribution in [3.05, 3.63) is 59.9 Å². The van der Waals surface area contributed by atoms with Crippen LogP contribution in [0.2, 0.25) is 0 Å². The fraction of sp³-hybridized carbons (Fsp3) is 0.263. The van der Waals surface area contributed by atoms with Crippen molar-refractivity contribution in [1.82, 2.24) is 24.6 Å². The lowest BCUT2D eigenvalue weighted by molar-refractivity contribution is 0.0740. The molecule has 1 aliphatic heterocycles. The van der Waals surface area contributed by atoms with E-state index in [-0.39, 0.29) is 13.1 Å². The van der Waals surface area contributed by atoms with Crippen molar-refractivity contribution in [2.24, 2.45) is 0 Å². The van der Waals surface area contributed by atoms with E-state index in [1.165, 1.54) is 11.2 Å². The van der Waals surface area contributed by atoms with E-state index in [9.17, 15) is 18.0 Å². The molecule has 8 nitrogen and oxygen atoms in total. The van der Waals surface area contributed by atoms with Crippen molar-refractivity contribution in [2.45, 2.75) is 0 Å². The van der Waals surface area contributed by atoms with Gasteiger partial charge in [-0.2, -0.15) is 9.49 Å². The SMILES string of the molecule is COc1c(F)c(F)cc(C(=O)N2CCN(c3cc(-n4cccn4)ncn3)CC2)c1F. The molecule has 4 rings (SSSR count). The Balaban J connectivity index is 1.48. The molecule has 1 fully saturated rings. The molecule has 0 N–H and O–H groups in total. The lowest BCUT2D eigenvalue weighted by Crippen LogP contribution is -2.49. The lowest BCUT2D eigenvalue weighted by Gasteiger charge is -2.35. The molecule has 0 spiro atoms. The van der Waals surface area contributed by atoms with E-state index in [1.54, 1.807) is 29.2 Å². The number of methoxy groups -OCH3 is 1. The topological polar surface area (TPSA) is 76.4 Å². The number of hydrogen-bond donors (Lipinski definition) is 0. The summed E-state index contributed by atoms with van der Waals surface area (Å²) in [5.41, 5.74) is -0.567. The minimum Gasteiger partial charge on any atom is -0.491 e. The summed E-state index contributed by atoms with van der Waals surface area (Å²) in [6.45, 7) is 1.34. The number of carbonyl (C=O) groups excluding carboxylic acids is 1. The number of anilines is 1. The standard InChI is InChI=1S/C19H17F3N6O2/c1-30-18-16(21)12(9-13(20)17(18)22)19(29)27-7-5-26(6-8-27)14-10-15(24-11-23-14)28-4-2-3-25-28/h2-4,9-11H,5-8H2,1H3. The zero-order chi connectivity index (χ0) is 21.3. The number of hydrogen-bond acceptors (Lipinski definition) is 6. The molecule has 3 aromatic rings. The van der Waals surface area contributed by atoms with Crippen LogP contribution in [0.4, 0.5) is 19.0 Å². The number of piperazine rings is 1. The van der Waals surface area contributed by atoms with Gasteiger partial charge in [0.1, 0.15) is 12.1 Å². The molecular formula is C19H17F3N6O2. The summed E-state index contributed by atoms with van der Waals surface area (Å²) in [4.78, 5) is 24.5. The smallest absolute Gasteiger partial charge is 0.257 e. The molecule has 2 aromatic heterocycles. The third-order valence-corrected chi connectivity index (χ3v) is 4.82. The third kappa shape index (κ3) is 3.53. The van der Waals surface area contributed by atoms with Crippen molar-refractivity contribution in [1.29, 1.82) is 0 Å². The van der Waals surface area contributed by atoms with Crippen molar-refractivity contribution >= 4 is 11.7 Å². The predicted octanol–water partition coefficient (Wildman–Crippen LogP) is 2.05. The molecule has 3 heterocycles. The monoisotopic (exact) mass is 418 g/mol. The second-order valence-electron chi connectivity index (χ2n) is 6.53. The summed E-state index contributed by atoms with van der Waals surface area (Å²) in [7, 11) is 1.01. The van der Waals surface area contributed by atoms with Crippen LogP contribution >= 0.6 is 0 Å². The van der Waals surface area contributed by atoms with E-state index in [2.05, 4.69) is 19.8 Å². The molecule has 30 heavy (non-hydrogen) atoms. The van der Waals surface area contributed by atoms with Gasteiger partial charge >= 0.3 is 0 Å². The largest absolute Gasteiger partial charge is 0.491 e. The minimum atomic E-state index is -1.46. The normalized spacial score (nSPS) is 14.1. The quantitative estimate of drug-likeness (QED) is 0.604. The summed E-state index contributed by atoms with van der Waals surface area (Å²) in [5, 5.41) is 4.13. The molecular weight excluding hydrogens is 401 g/mol. The highest BCUT2D eigenvalue weighted by molar-refractivity contribution is 5.95. The maximum absolute atomic E-state index is 14.4. The number of carbonyl (C=O) groups is 1. The molecule has 156 valence electrons. The molecule has 0 saturated carbocycles. The highest BCUT2D eigenvalue weighted by Crippen LogP contribution is 2.28. The van der Waals surface area contributed by atoms with E-state index in [1.807, 2.05) is 4.90 Å². The van der Waals surface area contributed by atoms with Crippen LogP contribution in [0, 0.1) is 17.5 Å². The van der Waals surface area contributed by atoms with Gasteiger partial charge in [0.15, 0.2) is 23.2 Å². The van der Waals surface area contributed by atoms with Gasteiger partial charge in [0, 0.05) is 44.6 Å². The van der Waals surface area contributed by atoms with E-state index in [4.69, 9.17) is 0 Å². The minimum absolute atomic E-state index is 0.251. The maximum Gasteiger partial charge on any atom is 0.257 e. The van der Waals surface area contributed by atoms with Crippen LogP contribution in [-0.4, -0.2) is 63.8 Å². The van der Waals surface area contributed by atoms with Crippen LogP contribution in [0.5, 0.6) is 5.75 Å². The van der Waals surface area contributed by atoms with Crippen molar-refractivity contribution in [3.63, 3.8) is 0 Å². The zero-order valence-corrected chi connectivity index (χ0v) is 15.9. The van der Waals surface area contributed by atoms with Gasteiger partial charge in [0.2, 0.25) is 5.82 Å². The number of benzene rings is 1. The summed E-state index contributed by atoms with van der Waals surface area (Å²) in [6, 6.07) is 4.10. The van der Waals surface area contributed by atoms with Gasteiger partial charge in [0.25, 0.3) is 5.91 Å². The average molecular weight is 418 g/mol. The highest BCUT2D eigenvalue weighted by atomic mass is 19.2. The van der Waals surface area contributed by atoms with Gasteiger partial charge in [-0.25, -0.2) is 23.4 Å². The van der Waals surface area contributed by atoms with Crippen molar-refractivity contribution < 1.29 is 22.7 Å². The Morgan fingerprint density at radius 2 is 1.77 bits per heavy atom. The van der Waals surface area contributed by atoms with Gasteiger partial charge < -0.3 is 14.5 Å². The van der Waals surface area contributed by atoms with Crippen LogP contribution in [0.25, 0.3) is 5.82 Å². The molecule has 1 saturated heterocycles. The Bertz CT molecular complexity index is 1070. The molecule has 0 bridgehead atoms. The summed E-state index contributed by atoms with van der Waals surface area (Å²) >= 11 is 0. The Labute approximate surface area is 169 Å². The fourth-order valence-corrected chi connectivity index (χ4v) is 3.26. The van der Waals surface area contributed by atoms with E-state index in [0.717, 1.165) is 7.11 Å². The van der Waals surface area contributed by atoms with Crippen LogP contribution < -0.4 is 9.64 Å². The summed E-state index contributed by atoms with van der Waals surface area (Å²) in [5.74, 6) is -4.42. The van der Waals surface area contributed by atoms with Crippen LogP contribution in [0.3, 0.4) is 0 Å². The van der Waals surface area contributed by atoms with E-state index >= 15 is 0 Å². The van der Waals surface area contributed by atoms with Crippen LogP contribution in [0.1, 0.15) is 10.4 Å². The molecule has 0 atom stereocenters. The fourth-order valence-electron chi connectivity index (χ4n) is 3.26. The molecule has 0 aliphatic carbocycles. The average Bonchev–Trinajstić information content (AvgIpc) is 3.31. The number of halogens is 3. The molecule has 11 heteroatoms. The van der Waals surface area contributed by atoms with Gasteiger partial charge in [-0.15, -0.1) is 0 Å². The van der Waals surface area contributed by atoms with Gasteiger partial charge in [-0.3, -0.25) is 4.79 Å². The summed E-state index contributed by atoms with van der Waals surface area (Å²) < 4.78 is 48.0. The number of ether oxygens (including phenoxy) is 1. The first kappa shape index (κ1) is 19.7. The Morgan fingerprint density at radius 3 is 2.43 bits per heavy atom. The Kier molecular flexibility index (Phi) is 5.25. The first-order valence-corrected chi connectivity index (χ1v) is 9.07. The number of nitrogens with zero attached hydrogens (tertiary/aromatic N) is 6. The summed E-state index contributed by atoms with van der Waals surface area (Å²) in [6.07, 6.45) is 4.82. The van der Waals surface area contributed by atoms with E-state index in [0.29, 0.717) is 30.8 Å². The van der Waals surface area contributed by atoms with Gasteiger partial charge in [0.05, 0.1) is 12.7 Å². The first-order valence-electron chi connectivity index (χ1n) is 9.07. The first-order chi connectivity index (χ1) is 14.5. The molecule has 0 radical (unpaired) electrons. The zero-order valence-electron chi connectivity index (χ0n) is 15.9. The highest BCUT2D eigenvalue weighted by Gasteiger charge is 2.29. The third-order valence-electron chi connectivity index (χ3n) is 4.82. The van der Waals surface area contributed by atoms with Crippen molar-refractivity contribution in [3.8, 4) is 11.6 Å². The van der Waals surface area contributed by atoms with Gasteiger partial charge in [-0.1, -0.05) is 0 Å². The second kappa shape index (κ2) is 8.01. The Morgan fingerprint density at radius 1 is 1.03 bits per heavy atom. The number of rotatable bonds is 4. The second-order valence-corrected chi connectivity index (χ2v) is 6.53. The van der Waals surface area contributed by atoms with Crippen LogP contribution in [0.15, 0.2) is 36.9 Å². The molecule has 1 aliphatic rings. The van der Waals surface area contributed by atoms with Crippen LogP contribution in [-0.2, 0) is 0 Å². The molecule has 1 aromatic carbocycles. The van der Waals surface area contributed by atoms with E-state index < -0.39 is 34.7 Å². The lowest BCUT2D eigenvalue weighted by atomic mass is 10.1. The Hall–Kier alpha value is -3.63. The molecule has 1 amide bonds. The maximum atomic E-state index is 14.4. The van der Waals surface area contributed by atoms with Gasteiger partial charge in [-0.05, 0) is 12.1 Å². The predicted molar refractivity (Wildman–Crippen MR) is 100 cm³/mol. The number of aromatic nitrogens is 4. The van der Waals surface area contributed by atoms with Crippen molar-refractivity contribution in [2.75, 3.05) is 38.2 Å². The molecule has 0 unspecified atom stereocenters.